The predicted molar refractivity (Wildman–Crippen MR) is 53.4 cm³/mol. The van der Waals surface area contributed by atoms with Gasteiger partial charge in [-0.05, 0) is 12.8 Å². The van der Waals surface area contributed by atoms with Gasteiger partial charge in [0.1, 0.15) is 0 Å². The van der Waals surface area contributed by atoms with Gasteiger partial charge in [0.05, 0.1) is 5.41 Å². The molecule has 0 aliphatic carbocycles. The third-order valence-corrected chi connectivity index (χ3v) is 2.85. The van der Waals surface area contributed by atoms with Crippen molar-refractivity contribution >= 4 is 11.9 Å². The maximum atomic E-state index is 11.2. The molecule has 5 heteroatoms. The number of aliphatic carboxylic acids is 1. The number of hydrogen-bond acceptors (Lipinski definition) is 3. The first-order chi connectivity index (χ1) is 7.10. The third-order valence-electron chi connectivity index (χ3n) is 2.85. The lowest BCUT2D eigenvalue weighted by Crippen LogP contribution is -2.46. The summed E-state index contributed by atoms with van der Waals surface area (Å²) in [5.74, 6) is -0.954. The molecular formula is C10H17NO4. The van der Waals surface area contributed by atoms with E-state index in [2.05, 4.69) is 5.32 Å². The largest absolute Gasteiger partial charge is 0.481 e. The molecule has 1 aliphatic rings. The highest BCUT2D eigenvalue weighted by atomic mass is 16.5. The minimum atomic E-state index is -0.845. The summed E-state index contributed by atoms with van der Waals surface area (Å²) in [4.78, 5) is 22.3. The van der Waals surface area contributed by atoms with Crippen molar-refractivity contribution in [1.82, 2.24) is 5.32 Å². The van der Waals surface area contributed by atoms with Gasteiger partial charge in [0.15, 0.2) is 0 Å². The highest BCUT2D eigenvalue weighted by Gasteiger charge is 2.40. The van der Waals surface area contributed by atoms with E-state index in [9.17, 15) is 9.59 Å². The van der Waals surface area contributed by atoms with E-state index in [1.54, 1.807) is 6.92 Å². The molecule has 0 unspecified atom stereocenters. The monoisotopic (exact) mass is 215 g/mol. The molecule has 0 aromatic carbocycles. The molecule has 86 valence electrons. The lowest BCUT2D eigenvalue weighted by molar-refractivity contribution is -0.154. The molecule has 15 heavy (non-hydrogen) atoms. The molecule has 1 heterocycles. The van der Waals surface area contributed by atoms with Crippen LogP contribution in [0.1, 0.15) is 26.2 Å². The molecule has 1 rings (SSSR count). The fourth-order valence-electron chi connectivity index (χ4n) is 1.62. The molecule has 0 atom stereocenters. The van der Waals surface area contributed by atoms with Crippen LogP contribution < -0.4 is 5.32 Å². The number of nitrogens with one attached hydrogen (secondary N) is 1. The van der Waals surface area contributed by atoms with Crippen molar-refractivity contribution in [3.63, 3.8) is 0 Å². The number of carboxylic acid groups (broad SMARTS) is 1. The minimum Gasteiger partial charge on any atom is -0.481 e. The number of carbonyl (C=O) groups is 2. The van der Waals surface area contributed by atoms with Crippen LogP contribution in [-0.4, -0.2) is 36.7 Å². The molecule has 0 bridgehead atoms. The summed E-state index contributed by atoms with van der Waals surface area (Å²) in [5, 5.41) is 11.8. The first-order valence-electron chi connectivity index (χ1n) is 5.18. The van der Waals surface area contributed by atoms with Crippen LogP contribution >= 0.6 is 0 Å². The Morgan fingerprint density at radius 2 is 2.00 bits per heavy atom. The first-order valence-corrected chi connectivity index (χ1v) is 5.18. The Morgan fingerprint density at radius 3 is 2.47 bits per heavy atom. The van der Waals surface area contributed by atoms with Gasteiger partial charge < -0.3 is 15.2 Å². The van der Waals surface area contributed by atoms with E-state index in [0.29, 0.717) is 32.5 Å². The van der Waals surface area contributed by atoms with E-state index in [0.717, 1.165) is 0 Å². The summed E-state index contributed by atoms with van der Waals surface area (Å²) >= 11 is 0. The summed E-state index contributed by atoms with van der Waals surface area (Å²) in [6.45, 7) is 2.85. The number of ether oxygens (including phenoxy) is 1. The molecule has 1 amide bonds. The van der Waals surface area contributed by atoms with Crippen LogP contribution in [0.2, 0.25) is 0 Å². The highest BCUT2D eigenvalue weighted by Crippen LogP contribution is 2.29. The van der Waals surface area contributed by atoms with Crippen molar-refractivity contribution in [3.05, 3.63) is 0 Å². The lowest BCUT2D eigenvalue weighted by atomic mass is 9.80. The summed E-state index contributed by atoms with van der Waals surface area (Å²) < 4.78 is 5.13. The van der Waals surface area contributed by atoms with Gasteiger partial charge in [-0.2, -0.15) is 0 Å². The van der Waals surface area contributed by atoms with E-state index in [1.165, 1.54) is 0 Å². The number of hydrogen-bond donors (Lipinski definition) is 2. The Kier molecular flexibility index (Phi) is 4.08. The highest BCUT2D eigenvalue weighted by molar-refractivity contribution is 5.78. The molecule has 0 aromatic heterocycles. The third kappa shape index (κ3) is 2.92. The van der Waals surface area contributed by atoms with Crippen LogP contribution in [0, 0.1) is 5.41 Å². The summed E-state index contributed by atoms with van der Waals surface area (Å²) in [5.41, 5.74) is -0.830. The van der Waals surface area contributed by atoms with Crippen LogP contribution in [0.25, 0.3) is 0 Å². The maximum Gasteiger partial charge on any atom is 0.311 e. The van der Waals surface area contributed by atoms with Crippen molar-refractivity contribution in [2.75, 3.05) is 19.8 Å². The van der Waals surface area contributed by atoms with Crippen molar-refractivity contribution in [1.29, 1.82) is 0 Å². The Hall–Kier alpha value is -1.10. The molecule has 1 saturated heterocycles. The van der Waals surface area contributed by atoms with Gasteiger partial charge in [0, 0.05) is 26.2 Å². The lowest BCUT2D eigenvalue weighted by Gasteiger charge is -2.33. The quantitative estimate of drug-likeness (QED) is 0.711. The van der Waals surface area contributed by atoms with E-state index < -0.39 is 11.4 Å². The Labute approximate surface area is 88.8 Å². The van der Waals surface area contributed by atoms with Gasteiger partial charge in [-0.1, -0.05) is 6.92 Å². The molecular weight excluding hydrogens is 198 g/mol. The average Bonchev–Trinajstić information content (AvgIpc) is 2.27. The van der Waals surface area contributed by atoms with Crippen LogP contribution in [0.3, 0.4) is 0 Å². The SMILES string of the molecule is CCC(=O)NCC1(C(=O)O)CCOCC1. The molecule has 0 aromatic rings. The normalized spacial score (nSPS) is 19.5. The molecule has 1 fully saturated rings. The van der Waals surface area contributed by atoms with Crippen molar-refractivity contribution < 1.29 is 19.4 Å². The second-order valence-electron chi connectivity index (χ2n) is 3.83. The summed E-state index contributed by atoms with van der Waals surface area (Å²) in [6.07, 6.45) is 1.31. The number of rotatable bonds is 4. The standard InChI is InChI=1S/C10H17NO4/c1-2-8(12)11-7-10(9(13)14)3-5-15-6-4-10/h2-7H2,1H3,(H,11,12)(H,13,14). The zero-order valence-corrected chi connectivity index (χ0v) is 8.91. The second kappa shape index (κ2) is 5.11. The molecule has 2 N–H and O–H groups in total. The molecule has 5 nitrogen and oxygen atoms in total. The Bertz CT molecular complexity index is 246. The van der Waals surface area contributed by atoms with Crippen LogP contribution in [-0.2, 0) is 14.3 Å². The Morgan fingerprint density at radius 1 is 1.40 bits per heavy atom. The van der Waals surface area contributed by atoms with Crippen molar-refractivity contribution in [2.45, 2.75) is 26.2 Å². The zero-order valence-electron chi connectivity index (χ0n) is 8.91. The molecule has 0 radical (unpaired) electrons. The fraction of sp³-hybridized carbons (Fsp3) is 0.800. The van der Waals surface area contributed by atoms with Crippen molar-refractivity contribution in [3.8, 4) is 0 Å². The zero-order chi connectivity index (χ0) is 11.3. The van der Waals surface area contributed by atoms with Gasteiger partial charge in [0.2, 0.25) is 5.91 Å². The van der Waals surface area contributed by atoms with E-state index >= 15 is 0 Å². The summed E-state index contributed by atoms with van der Waals surface area (Å²) in [7, 11) is 0. The van der Waals surface area contributed by atoms with Gasteiger partial charge in [-0.25, -0.2) is 0 Å². The Balaban J connectivity index is 2.57. The molecule has 0 spiro atoms. The number of carbonyl (C=O) groups excluding carboxylic acids is 1. The van der Waals surface area contributed by atoms with Crippen LogP contribution in [0.4, 0.5) is 0 Å². The topological polar surface area (TPSA) is 75.6 Å². The fourth-order valence-corrected chi connectivity index (χ4v) is 1.62. The number of amides is 1. The van der Waals surface area contributed by atoms with Crippen LogP contribution in [0.5, 0.6) is 0 Å². The first kappa shape index (κ1) is 12.0. The van der Waals surface area contributed by atoms with Crippen LogP contribution in [0.15, 0.2) is 0 Å². The predicted octanol–water partition coefficient (Wildman–Crippen LogP) is 0.394. The van der Waals surface area contributed by atoms with E-state index in [4.69, 9.17) is 9.84 Å². The molecule has 1 aliphatic heterocycles. The van der Waals surface area contributed by atoms with Crippen molar-refractivity contribution in [2.24, 2.45) is 5.41 Å². The second-order valence-corrected chi connectivity index (χ2v) is 3.83. The van der Waals surface area contributed by atoms with Gasteiger partial charge >= 0.3 is 5.97 Å². The maximum absolute atomic E-state index is 11.2. The van der Waals surface area contributed by atoms with Gasteiger partial charge in [-0.15, -0.1) is 0 Å². The minimum absolute atomic E-state index is 0.109. The van der Waals surface area contributed by atoms with E-state index in [1.807, 2.05) is 0 Å². The van der Waals surface area contributed by atoms with Gasteiger partial charge in [-0.3, -0.25) is 9.59 Å². The summed E-state index contributed by atoms with van der Waals surface area (Å²) in [6, 6.07) is 0. The smallest absolute Gasteiger partial charge is 0.311 e. The van der Waals surface area contributed by atoms with Gasteiger partial charge in [0.25, 0.3) is 0 Å². The van der Waals surface area contributed by atoms with E-state index in [-0.39, 0.29) is 12.5 Å². The number of carboxylic acids is 1. The molecule has 0 saturated carbocycles. The average molecular weight is 215 g/mol.